The maximum Gasteiger partial charge on any atom is 0.320 e. The maximum absolute atomic E-state index is 10.3. The lowest BCUT2D eigenvalue weighted by molar-refractivity contribution is -0.138. The zero-order chi connectivity index (χ0) is 9.40. The van der Waals surface area contributed by atoms with E-state index in [0.717, 1.165) is 25.9 Å². The van der Waals surface area contributed by atoms with E-state index in [1.165, 1.54) is 0 Å². The number of aliphatic carboxylic acids is 1. The summed E-state index contributed by atoms with van der Waals surface area (Å²) in [5, 5.41) is 11.6. The van der Waals surface area contributed by atoms with Crippen LogP contribution in [0.4, 0.5) is 0 Å². The predicted molar refractivity (Wildman–Crippen MR) is 48.0 cm³/mol. The number of nitrogens with one attached hydrogen (secondary N) is 1. The van der Waals surface area contributed by atoms with Crippen LogP contribution in [0.3, 0.4) is 0 Å². The predicted octanol–water partition coefficient (Wildman–Crippen LogP) is 0.178. The second-order valence-corrected chi connectivity index (χ2v) is 2.79. The van der Waals surface area contributed by atoms with Gasteiger partial charge in [0.2, 0.25) is 0 Å². The molecule has 0 aromatic heterocycles. The van der Waals surface area contributed by atoms with Crippen molar-refractivity contribution >= 4 is 5.97 Å². The summed E-state index contributed by atoms with van der Waals surface area (Å²) in [6, 6.07) is -0.688. The Hall–Kier alpha value is -0.610. The van der Waals surface area contributed by atoms with Crippen LogP contribution in [0.25, 0.3) is 0 Å². The van der Waals surface area contributed by atoms with Crippen LogP contribution in [0.15, 0.2) is 0 Å². The zero-order valence-electron chi connectivity index (χ0n) is 7.55. The summed E-state index contributed by atoms with van der Waals surface area (Å²) < 4.78 is 0. The van der Waals surface area contributed by atoms with Crippen molar-refractivity contribution in [3.05, 3.63) is 0 Å². The molecule has 0 amide bonds. The van der Waals surface area contributed by atoms with Gasteiger partial charge < -0.3 is 16.2 Å². The summed E-state index contributed by atoms with van der Waals surface area (Å²) in [6.45, 7) is 3.96. The van der Waals surface area contributed by atoms with Crippen molar-refractivity contribution in [3.8, 4) is 0 Å². The highest BCUT2D eigenvalue weighted by atomic mass is 16.4. The lowest BCUT2D eigenvalue weighted by Crippen LogP contribution is -2.30. The number of carboxylic acid groups (broad SMARTS) is 1. The summed E-state index contributed by atoms with van der Waals surface area (Å²) in [6.07, 6.45) is 2.44. The zero-order valence-corrected chi connectivity index (χ0v) is 7.55. The average Bonchev–Trinajstić information content (AvgIpc) is 2.03. The van der Waals surface area contributed by atoms with Gasteiger partial charge in [-0.15, -0.1) is 0 Å². The van der Waals surface area contributed by atoms with E-state index in [-0.39, 0.29) is 0 Å². The minimum absolute atomic E-state index is 0.570. The highest BCUT2D eigenvalue weighted by molar-refractivity contribution is 5.72. The van der Waals surface area contributed by atoms with Crippen LogP contribution in [-0.4, -0.2) is 30.2 Å². The number of hydrogen-bond acceptors (Lipinski definition) is 3. The molecule has 4 N–H and O–H groups in total. The van der Waals surface area contributed by atoms with Gasteiger partial charge >= 0.3 is 5.97 Å². The largest absolute Gasteiger partial charge is 0.480 e. The first-order valence-corrected chi connectivity index (χ1v) is 4.37. The van der Waals surface area contributed by atoms with E-state index in [9.17, 15) is 4.79 Å². The van der Waals surface area contributed by atoms with E-state index in [1.807, 2.05) is 6.92 Å². The number of carbonyl (C=O) groups is 1. The molecule has 0 aliphatic carbocycles. The van der Waals surface area contributed by atoms with Gasteiger partial charge in [0.15, 0.2) is 0 Å². The molecule has 0 heterocycles. The fourth-order valence-electron chi connectivity index (χ4n) is 0.915. The van der Waals surface area contributed by atoms with E-state index < -0.39 is 12.0 Å². The number of nitrogens with two attached hydrogens (primary N) is 1. The fourth-order valence-corrected chi connectivity index (χ4v) is 0.915. The van der Waals surface area contributed by atoms with Gasteiger partial charge in [-0.1, -0.05) is 13.3 Å². The molecule has 72 valence electrons. The van der Waals surface area contributed by atoms with E-state index >= 15 is 0 Å². The van der Waals surface area contributed by atoms with Crippen LogP contribution >= 0.6 is 0 Å². The van der Waals surface area contributed by atoms with Crippen molar-refractivity contribution in [2.45, 2.75) is 32.2 Å². The number of rotatable bonds is 7. The Labute approximate surface area is 73.1 Å². The van der Waals surface area contributed by atoms with Gasteiger partial charge in [-0.3, -0.25) is 4.79 Å². The quantitative estimate of drug-likeness (QED) is 0.481. The molecule has 0 rings (SSSR count). The van der Waals surface area contributed by atoms with Gasteiger partial charge in [-0.25, -0.2) is 0 Å². The van der Waals surface area contributed by atoms with Crippen molar-refractivity contribution < 1.29 is 9.90 Å². The Bertz CT molecular complexity index is 128. The van der Waals surface area contributed by atoms with Crippen molar-refractivity contribution in [2.75, 3.05) is 13.1 Å². The van der Waals surface area contributed by atoms with Crippen LogP contribution in [0, 0.1) is 0 Å². The Balaban J connectivity index is 3.14. The molecule has 0 spiro atoms. The first-order chi connectivity index (χ1) is 5.68. The van der Waals surface area contributed by atoms with Crippen molar-refractivity contribution in [3.63, 3.8) is 0 Å². The van der Waals surface area contributed by atoms with Gasteiger partial charge in [0.1, 0.15) is 6.04 Å². The van der Waals surface area contributed by atoms with Crippen LogP contribution in [0.2, 0.25) is 0 Å². The van der Waals surface area contributed by atoms with Crippen molar-refractivity contribution in [2.24, 2.45) is 5.73 Å². The first kappa shape index (κ1) is 11.4. The summed E-state index contributed by atoms with van der Waals surface area (Å²) in [4.78, 5) is 10.3. The summed E-state index contributed by atoms with van der Waals surface area (Å²) in [7, 11) is 0. The van der Waals surface area contributed by atoms with E-state index in [4.69, 9.17) is 10.8 Å². The number of hydrogen-bond donors (Lipinski definition) is 3. The van der Waals surface area contributed by atoms with Gasteiger partial charge in [-0.05, 0) is 25.9 Å². The first-order valence-electron chi connectivity index (χ1n) is 4.37. The molecule has 0 fully saturated rings. The Morgan fingerprint density at radius 1 is 1.58 bits per heavy atom. The topological polar surface area (TPSA) is 75.3 Å². The second kappa shape index (κ2) is 7.06. The standard InChI is InChI=1S/C8H18N2O2/c1-2-10-6-4-3-5-7(9)8(11)12/h7,10H,2-6,9H2,1H3,(H,11,12)/t7-/m1/s1. The summed E-state index contributed by atoms with van der Waals surface area (Å²) in [5.74, 6) is -0.904. The van der Waals surface area contributed by atoms with Gasteiger partial charge in [0.05, 0.1) is 0 Å². The molecule has 0 aliphatic heterocycles. The third-order valence-corrected chi connectivity index (χ3v) is 1.69. The smallest absolute Gasteiger partial charge is 0.320 e. The molecule has 0 aromatic carbocycles. The Morgan fingerprint density at radius 3 is 2.75 bits per heavy atom. The van der Waals surface area contributed by atoms with Crippen LogP contribution < -0.4 is 11.1 Å². The monoisotopic (exact) mass is 174 g/mol. The lowest BCUT2D eigenvalue weighted by Gasteiger charge is -2.05. The fraction of sp³-hybridized carbons (Fsp3) is 0.875. The van der Waals surface area contributed by atoms with Gasteiger partial charge in [-0.2, -0.15) is 0 Å². The van der Waals surface area contributed by atoms with Crippen LogP contribution in [-0.2, 0) is 4.79 Å². The van der Waals surface area contributed by atoms with E-state index in [0.29, 0.717) is 6.42 Å². The third kappa shape index (κ3) is 6.12. The van der Waals surface area contributed by atoms with Gasteiger partial charge in [0, 0.05) is 0 Å². The van der Waals surface area contributed by atoms with E-state index in [1.54, 1.807) is 0 Å². The van der Waals surface area contributed by atoms with Gasteiger partial charge in [0.25, 0.3) is 0 Å². The molecular weight excluding hydrogens is 156 g/mol. The number of carboxylic acids is 1. The number of unbranched alkanes of at least 4 members (excludes halogenated alkanes) is 1. The molecule has 0 saturated heterocycles. The summed E-state index contributed by atoms with van der Waals surface area (Å²) >= 11 is 0. The molecule has 0 unspecified atom stereocenters. The van der Waals surface area contributed by atoms with E-state index in [2.05, 4.69) is 5.32 Å². The highest BCUT2D eigenvalue weighted by Gasteiger charge is 2.09. The molecule has 4 heteroatoms. The maximum atomic E-state index is 10.3. The van der Waals surface area contributed by atoms with Crippen molar-refractivity contribution in [1.29, 1.82) is 0 Å². The molecule has 0 aliphatic rings. The molecular formula is C8H18N2O2. The SMILES string of the molecule is CCNCCCC[C@@H](N)C(=O)O. The van der Waals surface area contributed by atoms with Crippen molar-refractivity contribution in [1.82, 2.24) is 5.32 Å². The molecule has 4 nitrogen and oxygen atoms in total. The minimum atomic E-state index is -0.904. The molecule has 1 atom stereocenters. The Kier molecular flexibility index (Phi) is 6.70. The van der Waals surface area contributed by atoms with Crippen LogP contribution in [0.1, 0.15) is 26.2 Å². The Morgan fingerprint density at radius 2 is 2.25 bits per heavy atom. The molecule has 0 bridgehead atoms. The highest BCUT2D eigenvalue weighted by Crippen LogP contribution is 1.97. The van der Waals surface area contributed by atoms with Crippen LogP contribution in [0.5, 0.6) is 0 Å². The minimum Gasteiger partial charge on any atom is -0.480 e. The molecule has 0 radical (unpaired) electrons. The third-order valence-electron chi connectivity index (χ3n) is 1.69. The average molecular weight is 174 g/mol. The molecule has 12 heavy (non-hydrogen) atoms. The molecule has 0 saturated carbocycles. The normalized spacial score (nSPS) is 12.8. The lowest BCUT2D eigenvalue weighted by atomic mass is 10.1. The summed E-state index contributed by atoms with van der Waals surface area (Å²) in [5.41, 5.74) is 5.31. The molecule has 0 aromatic rings. The second-order valence-electron chi connectivity index (χ2n) is 2.79.